The molecular formula is C23H32N4O4. The first-order valence-electron chi connectivity index (χ1n) is 11.0. The number of carbonyl (C=O) groups excluding carboxylic acids is 3. The lowest BCUT2D eigenvalue weighted by Gasteiger charge is -2.27. The average molecular weight is 429 g/mol. The first kappa shape index (κ1) is 23.0. The van der Waals surface area contributed by atoms with Gasteiger partial charge in [-0.1, -0.05) is 32.0 Å². The number of hydrogen-bond donors (Lipinski definition) is 1. The molecule has 1 aromatic heterocycles. The van der Waals surface area contributed by atoms with Gasteiger partial charge in [-0.3, -0.25) is 14.4 Å². The molecule has 168 valence electrons. The van der Waals surface area contributed by atoms with E-state index in [1.807, 2.05) is 24.3 Å². The van der Waals surface area contributed by atoms with Crippen LogP contribution in [0.2, 0.25) is 0 Å². The van der Waals surface area contributed by atoms with Crippen molar-refractivity contribution in [2.45, 2.75) is 26.8 Å². The lowest BCUT2D eigenvalue weighted by Crippen LogP contribution is -2.42. The number of rotatable bonds is 10. The molecule has 1 aliphatic rings. The largest absolute Gasteiger partial charge is 0.378 e. The first-order chi connectivity index (χ1) is 15.0. The third-order valence-electron chi connectivity index (χ3n) is 5.74. The number of para-hydroxylation sites is 1. The second-order valence-corrected chi connectivity index (χ2v) is 7.65. The Bertz CT molecular complexity index is 913. The zero-order valence-electron chi connectivity index (χ0n) is 18.4. The number of morpholine rings is 1. The molecule has 1 fully saturated rings. The Morgan fingerprint density at radius 2 is 1.81 bits per heavy atom. The van der Waals surface area contributed by atoms with Crippen LogP contribution in [0.15, 0.2) is 30.5 Å². The summed E-state index contributed by atoms with van der Waals surface area (Å²) in [6, 6.07) is 7.36. The Labute approximate surface area is 183 Å². The number of ketones is 1. The molecule has 0 spiro atoms. The van der Waals surface area contributed by atoms with Crippen LogP contribution in [0.25, 0.3) is 10.9 Å². The quantitative estimate of drug-likeness (QED) is 0.353. The van der Waals surface area contributed by atoms with Crippen molar-refractivity contribution in [3.8, 4) is 0 Å². The number of fused-ring (bicyclic) bond motifs is 1. The van der Waals surface area contributed by atoms with Crippen molar-refractivity contribution < 1.29 is 19.1 Å². The molecule has 1 saturated heterocycles. The van der Waals surface area contributed by atoms with E-state index in [2.05, 4.69) is 24.1 Å². The number of Topliss-reactive ketones (excluding diaryl/α,β-unsaturated/α-hetero) is 1. The van der Waals surface area contributed by atoms with Crippen molar-refractivity contribution in [3.63, 3.8) is 0 Å². The van der Waals surface area contributed by atoms with Crippen molar-refractivity contribution >= 4 is 28.5 Å². The highest BCUT2D eigenvalue weighted by Gasteiger charge is 2.23. The van der Waals surface area contributed by atoms with Crippen LogP contribution in [0.5, 0.6) is 0 Å². The van der Waals surface area contributed by atoms with Crippen LogP contribution in [0.3, 0.4) is 0 Å². The molecule has 0 radical (unpaired) electrons. The van der Waals surface area contributed by atoms with Gasteiger partial charge in [0.05, 0.1) is 18.8 Å². The number of carbonyl (C=O) groups is 3. The number of amides is 2. The third kappa shape index (κ3) is 5.71. The highest BCUT2D eigenvalue weighted by Crippen LogP contribution is 2.22. The summed E-state index contributed by atoms with van der Waals surface area (Å²) in [6.45, 7) is 9.81. The molecule has 0 atom stereocenters. The Morgan fingerprint density at radius 1 is 1.10 bits per heavy atom. The minimum atomic E-state index is -0.609. The number of hydrogen-bond acceptors (Lipinski definition) is 5. The molecule has 1 N–H and O–H groups in total. The van der Waals surface area contributed by atoms with Crippen molar-refractivity contribution in [2.75, 3.05) is 52.5 Å². The van der Waals surface area contributed by atoms with Crippen LogP contribution in [0.1, 0.15) is 30.6 Å². The lowest BCUT2D eigenvalue weighted by atomic mass is 10.1. The van der Waals surface area contributed by atoms with E-state index in [-0.39, 0.29) is 12.5 Å². The van der Waals surface area contributed by atoms with Crippen molar-refractivity contribution in [3.05, 3.63) is 36.0 Å². The van der Waals surface area contributed by atoms with E-state index >= 15 is 0 Å². The van der Waals surface area contributed by atoms with Gasteiger partial charge >= 0.3 is 0 Å². The van der Waals surface area contributed by atoms with Gasteiger partial charge in [0.25, 0.3) is 11.7 Å². The van der Waals surface area contributed by atoms with Crippen molar-refractivity contribution in [1.29, 1.82) is 0 Å². The van der Waals surface area contributed by atoms with Gasteiger partial charge in [0, 0.05) is 36.7 Å². The Hall–Kier alpha value is -2.71. The predicted octanol–water partition coefficient (Wildman–Crippen LogP) is 1.53. The standard InChI is InChI=1S/C23H32N4O4/c1-3-25(4-2)11-7-10-24-23(30)22(29)19-16-27(20-9-6-5-8-18(19)20)17-21(28)26-12-14-31-15-13-26/h5-6,8-9,16H,3-4,7,10-15,17H2,1-2H3,(H,24,30). The summed E-state index contributed by atoms with van der Waals surface area (Å²) in [5.41, 5.74) is 1.09. The van der Waals surface area contributed by atoms with Gasteiger partial charge in [0.2, 0.25) is 5.91 Å². The molecule has 0 unspecified atom stereocenters. The van der Waals surface area contributed by atoms with Gasteiger partial charge in [-0.2, -0.15) is 0 Å². The maximum absolute atomic E-state index is 12.9. The van der Waals surface area contributed by atoms with Gasteiger partial charge in [-0.25, -0.2) is 0 Å². The topological polar surface area (TPSA) is 83.9 Å². The van der Waals surface area contributed by atoms with E-state index in [0.717, 1.165) is 31.6 Å². The Balaban J connectivity index is 1.68. The summed E-state index contributed by atoms with van der Waals surface area (Å²) in [4.78, 5) is 42.1. The van der Waals surface area contributed by atoms with Crippen LogP contribution < -0.4 is 5.32 Å². The summed E-state index contributed by atoms with van der Waals surface area (Å²) >= 11 is 0. The molecule has 8 heteroatoms. The molecule has 2 aromatic rings. The molecule has 31 heavy (non-hydrogen) atoms. The summed E-state index contributed by atoms with van der Waals surface area (Å²) in [7, 11) is 0. The summed E-state index contributed by atoms with van der Waals surface area (Å²) < 4.78 is 7.06. The molecule has 0 saturated carbocycles. The van der Waals surface area contributed by atoms with E-state index in [0.29, 0.717) is 43.8 Å². The van der Waals surface area contributed by atoms with Gasteiger partial charge in [-0.05, 0) is 32.1 Å². The smallest absolute Gasteiger partial charge is 0.292 e. The van der Waals surface area contributed by atoms with Gasteiger partial charge in [0.1, 0.15) is 6.54 Å². The van der Waals surface area contributed by atoms with Gasteiger partial charge in [-0.15, -0.1) is 0 Å². The average Bonchev–Trinajstić information content (AvgIpc) is 3.17. The molecule has 1 aliphatic heterocycles. The third-order valence-corrected chi connectivity index (χ3v) is 5.74. The number of ether oxygens (including phenoxy) is 1. The SMILES string of the molecule is CCN(CC)CCCNC(=O)C(=O)c1cn(CC(=O)N2CCOCC2)c2ccccc12. The van der Waals surface area contributed by atoms with Gasteiger partial charge in [0.15, 0.2) is 0 Å². The summed E-state index contributed by atoms with van der Waals surface area (Å²) in [6.07, 6.45) is 2.41. The fourth-order valence-electron chi connectivity index (χ4n) is 3.86. The number of nitrogens with one attached hydrogen (secondary N) is 1. The van der Waals surface area contributed by atoms with Crippen molar-refractivity contribution in [2.24, 2.45) is 0 Å². The van der Waals surface area contributed by atoms with E-state index in [4.69, 9.17) is 4.74 Å². The van der Waals surface area contributed by atoms with E-state index in [1.165, 1.54) is 0 Å². The summed E-state index contributed by atoms with van der Waals surface area (Å²) in [5, 5.41) is 3.42. The normalized spacial score (nSPS) is 14.2. The minimum absolute atomic E-state index is 0.0242. The maximum atomic E-state index is 12.9. The first-order valence-corrected chi connectivity index (χ1v) is 11.0. The zero-order chi connectivity index (χ0) is 22.2. The van der Waals surface area contributed by atoms with Crippen LogP contribution in [-0.4, -0.2) is 84.4 Å². The second-order valence-electron chi connectivity index (χ2n) is 7.65. The number of benzene rings is 1. The van der Waals surface area contributed by atoms with E-state index in [9.17, 15) is 14.4 Å². The predicted molar refractivity (Wildman–Crippen MR) is 119 cm³/mol. The van der Waals surface area contributed by atoms with E-state index in [1.54, 1.807) is 15.7 Å². The monoisotopic (exact) mass is 428 g/mol. The van der Waals surface area contributed by atoms with Crippen LogP contribution in [-0.2, 0) is 20.9 Å². The molecule has 2 amide bonds. The zero-order valence-corrected chi connectivity index (χ0v) is 18.4. The van der Waals surface area contributed by atoms with Crippen molar-refractivity contribution in [1.82, 2.24) is 19.7 Å². The van der Waals surface area contributed by atoms with E-state index < -0.39 is 11.7 Å². The van der Waals surface area contributed by atoms with Gasteiger partial charge < -0.3 is 24.4 Å². The molecule has 3 rings (SSSR count). The maximum Gasteiger partial charge on any atom is 0.292 e. The Morgan fingerprint density at radius 3 is 2.52 bits per heavy atom. The number of nitrogens with zero attached hydrogens (tertiary/aromatic N) is 3. The summed E-state index contributed by atoms with van der Waals surface area (Å²) in [5.74, 6) is -1.21. The second kappa shape index (κ2) is 11.1. The molecule has 8 nitrogen and oxygen atoms in total. The lowest BCUT2D eigenvalue weighted by molar-refractivity contribution is -0.135. The highest BCUT2D eigenvalue weighted by molar-refractivity contribution is 6.45. The molecule has 0 bridgehead atoms. The molecular weight excluding hydrogens is 396 g/mol. The number of aromatic nitrogens is 1. The molecule has 1 aromatic carbocycles. The minimum Gasteiger partial charge on any atom is -0.378 e. The van der Waals surface area contributed by atoms with Crippen LogP contribution in [0.4, 0.5) is 0 Å². The molecule has 0 aliphatic carbocycles. The fourth-order valence-corrected chi connectivity index (χ4v) is 3.86. The highest BCUT2D eigenvalue weighted by atomic mass is 16.5. The van der Waals surface area contributed by atoms with Crippen LogP contribution >= 0.6 is 0 Å². The fraction of sp³-hybridized carbons (Fsp3) is 0.522. The molecule has 2 heterocycles. The van der Waals surface area contributed by atoms with Crippen LogP contribution in [0, 0.1) is 0 Å². The Kier molecular flexibility index (Phi) is 8.20.